The van der Waals surface area contributed by atoms with E-state index in [0.29, 0.717) is 11.8 Å². The van der Waals surface area contributed by atoms with Crippen LogP contribution < -0.4 is 5.32 Å². The fraction of sp³-hybridized carbons (Fsp3) is 0.538. The van der Waals surface area contributed by atoms with E-state index in [1.807, 2.05) is 12.1 Å². The zero-order chi connectivity index (χ0) is 12.3. The van der Waals surface area contributed by atoms with Crippen molar-refractivity contribution in [3.05, 3.63) is 34.1 Å². The van der Waals surface area contributed by atoms with Crippen molar-refractivity contribution in [1.82, 2.24) is 5.32 Å². The largest absolute Gasteiger partial charge is 0.383 e. The molecule has 1 aliphatic rings. The number of benzene rings is 1. The molecule has 2 rings (SSSR count). The fourth-order valence-electron chi connectivity index (χ4n) is 2.12. The molecule has 0 bridgehead atoms. The lowest BCUT2D eigenvalue weighted by molar-refractivity contribution is 0.199. The molecule has 1 fully saturated rings. The van der Waals surface area contributed by atoms with E-state index in [9.17, 15) is 4.39 Å². The van der Waals surface area contributed by atoms with Crippen LogP contribution in [0.3, 0.4) is 0 Å². The van der Waals surface area contributed by atoms with E-state index in [-0.39, 0.29) is 5.82 Å². The fourth-order valence-corrected chi connectivity index (χ4v) is 2.45. The molecule has 1 N–H and O–H groups in total. The van der Waals surface area contributed by atoms with Crippen molar-refractivity contribution in [2.24, 2.45) is 5.92 Å². The Labute approximate surface area is 110 Å². The van der Waals surface area contributed by atoms with Crippen molar-refractivity contribution in [3.63, 3.8) is 0 Å². The lowest BCUT2D eigenvalue weighted by atomic mass is 10.1. The van der Waals surface area contributed by atoms with Gasteiger partial charge < -0.3 is 10.1 Å². The zero-order valence-corrected chi connectivity index (χ0v) is 11.5. The molecule has 0 saturated heterocycles. The Morgan fingerprint density at radius 3 is 3.06 bits per heavy atom. The average Bonchev–Trinajstić information content (AvgIpc) is 3.04. The van der Waals surface area contributed by atoms with Crippen molar-refractivity contribution in [2.45, 2.75) is 12.3 Å². The number of nitrogens with one attached hydrogen (secondary N) is 1. The minimum atomic E-state index is -0.0937. The molecule has 2 unspecified atom stereocenters. The maximum atomic E-state index is 13.7. The van der Waals surface area contributed by atoms with Crippen LogP contribution in [-0.2, 0) is 4.74 Å². The van der Waals surface area contributed by atoms with Gasteiger partial charge in [0.1, 0.15) is 5.82 Å². The molecular formula is C13H17BrFNO. The number of rotatable bonds is 6. The second-order valence-corrected chi connectivity index (χ2v) is 5.38. The van der Waals surface area contributed by atoms with Crippen molar-refractivity contribution in [2.75, 3.05) is 26.8 Å². The van der Waals surface area contributed by atoms with Gasteiger partial charge in [0.05, 0.1) is 6.61 Å². The molecule has 0 aliphatic heterocycles. The summed E-state index contributed by atoms with van der Waals surface area (Å²) in [5, 5.41) is 3.32. The lowest BCUT2D eigenvalue weighted by Gasteiger charge is -2.05. The molecule has 17 heavy (non-hydrogen) atoms. The smallest absolute Gasteiger partial charge is 0.127 e. The van der Waals surface area contributed by atoms with Gasteiger partial charge in [0.15, 0.2) is 0 Å². The third-order valence-corrected chi connectivity index (χ3v) is 3.67. The highest BCUT2D eigenvalue weighted by molar-refractivity contribution is 9.10. The molecule has 1 aromatic rings. The molecule has 1 aromatic carbocycles. The summed E-state index contributed by atoms with van der Waals surface area (Å²) in [6.07, 6.45) is 1.08. The molecule has 0 heterocycles. The summed E-state index contributed by atoms with van der Waals surface area (Å²) in [6, 6.07) is 5.34. The van der Waals surface area contributed by atoms with Gasteiger partial charge in [-0.25, -0.2) is 4.39 Å². The average molecular weight is 302 g/mol. The van der Waals surface area contributed by atoms with Gasteiger partial charge in [-0.2, -0.15) is 0 Å². The second-order valence-electron chi connectivity index (χ2n) is 4.47. The Hall–Kier alpha value is -0.450. The van der Waals surface area contributed by atoms with E-state index in [4.69, 9.17) is 4.74 Å². The van der Waals surface area contributed by atoms with Crippen LogP contribution in [-0.4, -0.2) is 26.8 Å². The van der Waals surface area contributed by atoms with Crippen LogP contribution >= 0.6 is 15.9 Å². The third-order valence-electron chi connectivity index (χ3n) is 3.17. The number of ether oxygens (including phenoxy) is 1. The lowest BCUT2D eigenvalue weighted by Crippen LogP contribution is -2.21. The molecule has 0 amide bonds. The van der Waals surface area contributed by atoms with E-state index in [2.05, 4.69) is 21.2 Å². The van der Waals surface area contributed by atoms with Crippen LogP contribution in [0, 0.1) is 11.7 Å². The first-order valence-electron chi connectivity index (χ1n) is 5.87. The van der Waals surface area contributed by atoms with Gasteiger partial charge in [-0.05, 0) is 42.5 Å². The van der Waals surface area contributed by atoms with Gasteiger partial charge in [-0.15, -0.1) is 0 Å². The van der Waals surface area contributed by atoms with Gasteiger partial charge in [0, 0.05) is 18.1 Å². The minimum Gasteiger partial charge on any atom is -0.383 e. The molecule has 0 spiro atoms. The third kappa shape index (κ3) is 3.50. The van der Waals surface area contributed by atoms with Crippen molar-refractivity contribution in [1.29, 1.82) is 0 Å². The van der Waals surface area contributed by atoms with Gasteiger partial charge >= 0.3 is 0 Å². The Morgan fingerprint density at radius 1 is 1.53 bits per heavy atom. The van der Waals surface area contributed by atoms with E-state index in [1.54, 1.807) is 13.2 Å². The number of hydrogen-bond acceptors (Lipinski definition) is 2. The van der Waals surface area contributed by atoms with Gasteiger partial charge in [0.2, 0.25) is 0 Å². The van der Waals surface area contributed by atoms with Crippen molar-refractivity contribution in [3.8, 4) is 0 Å². The summed E-state index contributed by atoms with van der Waals surface area (Å²) in [5.74, 6) is 0.865. The number of halogens is 2. The van der Waals surface area contributed by atoms with E-state index in [0.717, 1.165) is 36.2 Å². The Morgan fingerprint density at radius 2 is 2.35 bits per heavy atom. The van der Waals surface area contributed by atoms with Crippen LogP contribution in [0.1, 0.15) is 17.9 Å². The highest BCUT2D eigenvalue weighted by Gasteiger charge is 2.39. The Balaban J connectivity index is 1.81. The van der Waals surface area contributed by atoms with Crippen molar-refractivity contribution >= 4 is 15.9 Å². The van der Waals surface area contributed by atoms with Crippen LogP contribution in [0.4, 0.5) is 4.39 Å². The van der Waals surface area contributed by atoms with E-state index < -0.39 is 0 Å². The summed E-state index contributed by atoms with van der Waals surface area (Å²) >= 11 is 3.27. The molecule has 0 aromatic heterocycles. The summed E-state index contributed by atoms with van der Waals surface area (Å²) in [7, 11) is 1.69. The molecule has 0 radical (unpaired) electrons. The quantitative estimate of drug-likeness (QED) is 0.816. The van der Waals surface area contributed by atoms with E-state index in [1.165, 1.54) is 0 Å². The molecule has 94 valence electrons. The monoisotopic (exact) mass is 301 g/mol. The highest BCUT2D eigenvalue weighted by Crippen LogP contribution is 2.48. The summed E-state index contributed by atoms with van der Waals surface area (Å²) in [4.78, 5) is 0. The first-order valence-corrected chi connectivity index (χ1v) is 6.66. The Bertz CT molecular complexity index is 386. The van der Waals surface area contributed by atoms with E-state index >= 15 is 0 Å². The van der Waals surface area contributed by atoms with Gasteiger partial charge in [-0.3, -0.25) is 0 Å². The van der Waals surface area contributed by atoms with Gasteiger partial charge in [-0.1, -0.05) is 22.0 Å². The number of methoxy groups -OCH3 is 1. The first-order chi connectivity index (χ1) is 8.22. The molecule has 2 atom stereocenters. The minimum absolute atomic E-state index is 0.0937. The van der Waals surface area contributed by atoms with Gasteiger partial charge in [0.25, 0.3) is 0 Å². The number of hydrogen-bond donors (Lipinski definition) is 1. The standard InChI is InChI=1S/C13H17BrFNO/c1-17-5-4-16-8-9-6-12(9)11-3-2-10(14)7-13(11)15/h2-3,7,9,12,16H,4-6,8H2,1H3. The maximum absolute atomic E-state index is 13.7. The topological polar surface area (TPSA) is 21.3 Å². The molecular weight excluding hydrogens is 285 g/mol. The summed E-state index contributed by atoms with van der Waals surface area (Å²) in [5.41, 5.74) is 0.853. The highest BCUT2D eigenvalue weighted by atomic mass is 79.9. The van der Waals surface area contributed by atoms with Crippen LogP contribution in [0.2, 0.25) is 0 Å². The molecule has 2 nitrogen and oxygen atoms in total. The molecule has 4 heteroatoms. The predicted molar refractivity (Wildman–Crippen MR) is 69.7 cm³/mol. The normalized spacial score (nSPS) is 22.8. The summed E-state index contributed by atoms with van der Waals surface area (Å²) in [6.45, 7) is 2.54. The maximum Gasteiger partial charge on any atom is 0.127 e. The second kappa shape index (κ2) is 5.94. The molecule has 1 saturated carbocycles. The Kier molecular flexibility index (Phi) is 4.54. The molecule has 1 aliphatic carbocycles. The SMILES string of the molecule is COCCNCC1CC1c1ccc(Br)cc1F. The predicted octanol–water partition coefficient (Wildman–Crippen LogP) is 2.93. The van der Waals surface area contributed by atoms with Crippen LogP contribution in [0.25, 0.3) is 0 Å². The summed E-state index contributed by atoms with van der Waals surface area (Å²) < 4.78 is 19.4. The van der Waals surface area contributed by atoms with Crippen molar-refractivity contribution < 1.29 is 9.13 Å². The zero-order valence-electron chi connectivity index (χ0n) is 9.88. The van der Waals surface area contributed by atoms with Crippen LogP contribution in [0.5, 0.6) is 0 Å². The first kappa shape index (κ1) is 13.0. The van der Waals surface area contributed by atoms with Crippen LogP contribution in [0.15, 0.2) is 22.7 Å².